The third kappa shape index (κ3) is 2.24. The summed E-state index contributed by atoms with van der Waals surface area (Å²) in [6, 6.07) is 0.241. The monoisotopic (exact) mass is 279 g/mol. The molecule has 2 rings (SSSR count). The minimum absolute atomic E-state index is 0.00808. The lowest BCUT2D eigenvalue weighted by Crippen LogP contribution is -2.64. The fourth-order valence-electron chi connectivity index (χ4n) is 3.59. The average molecular weight is 279 g/mol. The van der Waals surface area contributed by atoms with Crippen LogP contribution in [0.2, 0.25) is 0 Å². The van der Waals surface area contributed by atoms with Gasteiger partial charge in [0.05, 0.1) is 18.6 Å². The standard InChI is InChI=1S/C15H25N3O2/c1-5-15(6-2)12(8-13(15)20-7-3)18(4)14(19)11-9-16-10-17-11/h9-10,12-13H,5-8H2,1-4H3,(H,16,17)/t12-,13+/m1/s1. The van der Waals surface area contributed by atoms with Crippen LogP contribution in [-0.2, 0) is 4.74 Å². The van der Waals surface area contributed by atoms with Crippen molar-refractivity contribution in [2.75, 3.05) is 13.7 Å². The summed E-state index contributed by atoms with van der Waals surface area (Å²) < 4.78 is 5.87. The zero-order valence-electron chi connectivity index (χ0n) is 12.8. The van der Waals surface area contributed by atoms with Crippen molar-refractivity contribution >= 4 is 5.91 Å². The van der Waals surface area contributed by atoms with E-state index in [1.165, 1.54) is 6.33 Å². The molecule has 0 radical (unpaired) electrons. The minimum atomic E-state index is 0.00808. The van der Waals surface area contributed by atoms with Crippen molar-refractivity contribution in [3.8, 4) is 0 Å². The van der Waals surface area contributed by atoms with Crippen molar-refractivity contribution in [3.05, 3.63) is 18.2 Å². The van der Waals surface area contributed by atoms with Gasteiger partial charge in [-0.05, 0) is 26.2 Å². The molecule has 1 saturated carbocycles. The molecule has 5 nitrogen and oxygen atoms in total. The second kappa shape index (κ2) is 5.95. The average Bonchev–Trinajstić information content (AvgIpc) is 2.97. The summed E-state index contributed by atoms with van der Waals surface area (Å²) in [4.78, 5) is 21.1. The first-order chi connectivity index (χ1) is 9.60. The van der Waals surface area contributed by atoms with E-state index >= 15 is 0 Å². The van der Waals surface area contributed by atoms with Crippen LogP contribution in [0, 0.1) is 5.41 Å². The molecular formula is C15H25N3O2. The number of nitrogens with zero attached hydrogens (tertiary/aromatic N) is 2. The van der Waals surface area contributed by atoms with Crippen LogP contribution in [-0.4, -0.2) is 46.6 Å². The fourth-order valence-corrected chi connectivity index (χ4v) is 3.59. The Hall–Kier alpha value is -1.36. The SMILES string of the molecule is CCO[C@H]1C[C@@H](N(C)C(=O)c2cnc[nH]2)C1(CC)CC. The Balaban J connectivity index is 2.14. The Bertz CT molecular complexity index is 440. The van der Waals surface area contributed by atoms with Crippen molar-refractivity contribution in [1.82, 2.24) is 14.9 Å². The first-order valence-corrected chi connectivity index (χ1v) is 7.47. The molecule has 20 heavy (non-hydrogen) atoms. The highest BCUT2D eigenvalue weighted by molar-refractivity contribution is 5.92. The number of hydrogen-bond acceptors (Lipinski definition) is 3. The number of aromatic amines is 1. The molecule has 0 bridgehead atoms. The van der Waals surface area contributed by atoms with Gasteiger partial charge >= 0.3 is 0 Å². The van der Waals surface area contributed by atoms with E-state index < -0.39 is 0 Å². The summed E-state index contributed by atoms with van der Waals surface area (Å²) in [5, 5.41) is 0. The van der Waals surface area contributed by atoms with E-state index in [1.54, 1.807) is 6.20 Å². The molecule has 2 atom stereocenters. The molecule has 1 amide bonds. The second-order valence-corrected chi connectivity index (χ2v) is 5.52. The Labute approximate surface area is 120 Å². The molecule has 0 spiro atoms. The third-order valence-electron chi connectivity index (χ3n) is 4.94. The highest BCUT2D eigenvalue weighted by Crippen LogP contribution is 2.51. The molecule has 0 aromatic carbocycles. The van der Waals surface area contributed by atoms with Crippen LogP contribution >= 0.6 is 0 Å². The van der Waals surface area contributed by atoms with Gasteiger partial charge in [-0.1, -0.05) is 13.8 Å². The van der Waals surface area contributed by atoms with Crippen molar-refractivity contribution < 1.29 is 9.53 Å². The maximum Gasteiger partial charge on any atom is 0.271 e. The third-order valence-corrected chi connectivity index (χ3v) is 4.94. The van der Waals surface area contributed by atoms with E-state index in [2.05, 4.69) is 23.8 Å². The highest BCUT2D eigenvalue weighted by Gasteiger charge is 2.55. The summed E-state index contributed by atoms with van der Waals surface area (Å²) in [5.41, 5.74) is 0.633. The number of carbonyl (C=O) groups excluding carboxylic acids is 1. The summed E-state index contributed by atoms with van der Waals surface area (Å²) in [7, 11) is 1.88. The molecule has 0 saturated heterocycles. The number of ether oxygens (including phenoxy) is 1. The predicted molar refractivity (Wildman–Crippen MR) is 77.5 cm³/mol. The van der Waals surface area contributed by atoms with E-state index in [-0.39, 0.29) is 23.5 Å². The van der Waals surface area contributed by atoms with Crippen LogP contribution in [0.25, 0.3) is 0 Å². The second-order valence-electron chi connectivity index (χ2n) is 5.52. The molecule has 1 fully saturated rings. The Morgan fingerprint density at radius 1 is 1.50 bits per heavy atom. The molecule has 1 aromatic rings. The van der Waals surface area contributed by atoms with E-state index in [9.17, 15) is 4.79 Å². The van der Waals surface area contributed by atoms with Crippen LogP contribution in [0.4, 0.5) is 0 Å². The Kier molecular flexibility index (Phi) is 4.48. The van der Waals surface area contributed by atoms with Gasteiger partial charge in [0, 0.05) is 25.1 Å². The minimum Gasteiger partial charge on any atom is -0.378 e. The smallest absolute Gasteiger partial charge is 0.271 e. The zero-order valence-corrected chi connectivity index (χ0v) is 12.8. The lowest BCUT2D eigenvalue weighted by atomic mass is 9.58. The number of hydrogen-bond donors (Lipinski definition) is 1. The van der Waals surface area contributed by atoms with Crippen LogP contribution in [0.5, 0.6) is 0 Å². The van der Waals surface area contributed by atoms with Gasteiger partial charge in [0.2, 0.25) is 0 Å². The molecular weight excluding hydrogens is 254 g/mol. The number of imidazole rings is 1. The van der Waals surface area contributed by atoms with Crippen molar-refractivity contribution in [2.24, 2.45) is 5.41 Å². The van der Waals surface area contributed by atoms with E-state index in [0.717, 1.165) is 25.9 Å². The summed E-state index contributed by atoms with van der Waals surface area (Å²) in [6.07, 6.45) is 6.36. The Morgan fingerprint density at radius 3 is 2.70 bits per heavy atom. The summed E-state index contributed by atoms with van der Waals surface area (Å²) in [6.45, 7) is 7.15. The highest BCUT2D eigenvalue weighted by atomic mass is 16.5. The van der Waals surface area contributed by atoms with E-state index in [4.69, 9.17) is 4.74 Å². The van der Waals surface area contributed by atoms with Gasteiger partial charge in [-0.2, -0.15) is 0 Å². The number of carbonyl (C=O) groups is 1. The van der Waals surface area contributed by atoms with Crippen molar-refractivity contribution in [1.29, 1.82) is 0 Å². The quantitative estimate of drug-likeness (QED) is 0.870. The summed E-state index contributed by atoms with van der Waals surface area (Å²) in [5.74, 6) is 0.00808. The zero-order chi connectivity index (χ0) is 14.8. The Morgan fingerprint density at radius 2 is 2.20 bits per heavy atom. The van der Waals surface area contributed by atoms with Gasteiger partial charge in [-0.15, -0.1) is 0 Å². The van der Waals surface area contributed by atoms with Crippen molar-refractivity contribution in [3.63, 3.8) is 0 Å². The van der Waals surface area contributed by atoms with E-state index in [1.807, 2.05) is 18.9 Å². The van der Waals surface area contributed by atoms with Gasteiger partial charge in [-0.3, -0.25) is 4.79 Å². The van der Waals surface area contributed by atoms with Gasteiger partial charge in [0.25, 0.3) is 5.91 Å². The lowest BCUT2D eigenvalue weighted by molar-refractivity contribution is -0.159. The fraction of sp³-hybridized carbons (Fsp3) is 0.733. The molecule has 1 aliphatic rings. The largest absolute Gasteiger partial charge is 0.378 e. The van der Waals surface area contributed by atoms with Crippen LogP contribution < -0.4 is 0 Å². The lowest BCUT2D eigenvalue weighted by Gasteiger charge is -2.58. The number of H-pyrrole nitrogens is 1. The van der Waals surface area contributed by atoms with E-state index in [0.29, 0.717) is 5.69 Å². The molecule has 1 aliphatic carbocycles. The summed E-state index contributed by atoms with van der Waals surface area (Å²) >= 11 is 0. The molecule has 0 aliphatic heterocycles. The normalized spacial score (nSPS) is 24.2. The first kappa shape index (κ1) is 15.0. The predicted octanol–water partition coefficient (Wildman–Crippen LogP) is 2.47. The number of aromatic nitrogens is 2. The molecule has 0 unspecified atom stereocenters. The van der Waals surface area contributed by atoms with Crippen LogP contribution in [0.1, 0.15) is 50.5 Å². The van der Waals surface area contributed by atoms with Gasteiger partial charge in [0.1, 0.15) is 5.69 Å². The number of amides is 1. The molecule has 5 heteroatoms. The first-order valence-electron chi connectivity index (χ1n) is 7.47. The number of nitrogens with one attached hydrogen (secondary N) is 1. The van der Waals surface area contributed by atoms with Gasteiger partial charge < -0.3 is 14.6 Å². The molecule has 1 aromatic heterocycles. The molecule has 1 N–H and O–H groups in total. The maximum absolute atomic E-state index is 12.4. The van der Waals surface area contributed by atoms with Gasteiger partial charge in [-0.25, -0.2) is 4.98 Å². The molecule has 112 valence electrons. The van der Waals surface area contributed by atoms with Gasteiger partial charge in [0.15, 0.2) is 0 Å². The topological polar surface area (TPSA) is 58.2 Å². The molecule has 1 heterocycles. The van der Waals surface area contributed by atoms with Crippen LogP contribution in [0.15, 0.2) is 12.5 Å². The maximum atomic E-state index is 12.4. The van der Waals surface area contributed by atoms with Crippen molar-refractivity contribution in [2.45, 2.75) is 52.2 Å². The van der Waals surface area contributed by atoms with Crippen LogP contribution in [0.3, 0.4) is 0 Å². The number of rotatable bonds is 6.